The Balaban J connectivity index is 2.11. The van der Waals surface area contributed by atoms with Gasteiger partial charge in [0.2, 0.25) is 0 Å². The van der Waals surface area contributed by atoms with Crippen LogP contribution in [0.4, 0.5) is 5.13 Å². The van der Waals surface area contributed by atoms with Gasteiger partial charge in [-0.25, -0.2) is 4.98 Å². The minimum absolute atomic E-state index is 0.553. The van der Waals surface area contributed by atoms with Gasteiger partial charge in [0, 0.05) is 18.5 Å². The van der Waals surface area contributed by atoms with E-state index in [1.54, 1.807) is 11.3 Å². The van der Waals surface area contributed by atoms with Crippen molar-refractivity contribution in [3.05, 3.63) is 34.2 Å². The molecule has 17 heavy (non-hydrogen) atoms. The number of hydrogen-bond acceptors (Lipinski definition) is 5. The van der Waals surface area contributed by atoms with E-state index in [4.69, 9.17) is 10.2 Å². The minimum atomic E-state index is 0.553. The van der Waals surface area contributed by atoms with Crippen molar-refractivity contribution in [2.75, 3.05) is 11.9 Å². The van der Waals surface area contributed by atoms with E-state index in [1.165, 1.54) is 0 Å². The predicted molar refractivity (Wildman–Crippen MR) is 70.3 cm³/mol. The van der Waals surface area contributed by atoms with Crippen LogP contribution in [0.1, 0.15) is 22.1 Å². The van der Waals surface area contributed by atoms with Crippen LogP contribution in [0.25, 0.3) is 0 Å². The Kier molecular flexibility index (Phi) is 3.49. The summed E-state index contributed by atoms with van der Waals surface area (Å²) in [7, 11) is 2.01. The monoisotopic (exact) mass is 251 g/mol. The largest absolute Gasteiger partial charge is 0.464 e. The van der Waals surface area contributed by atoms with Gasteiger partial charge in [-0.05, 0) is 26.0 Å². The molecule has 0 aromatic carbocycles. The fourth-order valence-electron chi connectivity index (χ4n) is 1.64. The highest BCUT2D eigenvalue weighted by Crippen LogP contribution is 2.26. The Morgan fingerprint density at radius 1 is 1.41 bits per heavy atom. The Morgan fingerprint density at radius 3 is 2.71 bits per heavy atom. The second kappa shape index (κ2) is 4.89. The first-order valence-corrected chi connectivity index (χ1v) is 6.34. The molecular weight excluding hydrogens is 234 g/mol. The number of nitrogens with zero attached hydrogens (tertiary/aromatic N) is 2. The molecule has 2 aromatic rings. The van der Waals surface area contributed by atoms with Gasteiger partial charge < -0.3 is 15.1 Å². The van der Waals surface area contributed by atoms with Crippen molar-refractivity contribution in [3.63, 3.8) is 0 Å². The number of aryl methyl sites for hydroxylation is 2. The smallest absolute Gasteiger partial charge is 0.185 e. The van der Waals surface area contributed by atoms with E-state index in [-0.39, 0.29) is 0 Å². The molecule has 2 N–H and O–H groups in total. The second-order valence-corrected chi connectivity index (χ2v) is 5.14. The minimum Gasteiger partial charge on any atom is -0.464 e. The van der Waals surface area contributed by atoms with E-state index in [9.17, 15) is 0 Å². The van der Waals surface area contributed by atoms with Crippen LogP contribution in [0.3, 0.4) is 0 Å². The lowest BCUT2D eigenvalue weighted by molar-refractivity contribution is 0.481. The number of nitrogens with two attached hydrogens (primary N) is 1. The summed E-state index contributed by atoms with van der Waals surface area (Å²) in [4.78, 5) is 7.73. The predicted octanol–water partition coefficient (Wildman–Crippen LogP) is 2.45. The Morgan fingerprint density at radius 2 is 2.18 bits per heavy atom. The Bertz CT molecular complexity index is 504. The number of anilines is 1. The quantitative estimate of drug-likeness (QED) is 0.907. The maximum absolute atomic E-state index is 5.65. The van der Waals surface area contributed by atoms with Crippen LogP contribution in [0.2, 0.25) is 0 Å². The average Bonchev–Trinajstić information content (AvgIpc) is 2.85. The van der Waals surface area contributed by atoms with E-state index >= 15 is 0 Å². The summed E-state index contributed by atoms with van der Waals surface area (Å²) in [5, 5.41) is 0.983. The zero-order valence-electron chi connectivity index (χ0n) is 10.4. The van der Waals surface area contributed by atoms with Gasteiger partial charge in [0.25, 0.3) is 0 Å². The van der Waals surface area contributed by atoms with Crippen molar-refractivity contribution < 1.29 is 4.42 Å². The van der Waals surface area contributed by atoms with Crippen LogP contribution in [0, 0.1) is 13.8 Å². The molecular formula is C12H17N3OS. The molecule has 0 amide bonds. The first-order chi connectivity index (χ1) is 8.10. The molecule has 0 bridgehead atoms. The van der Waals surface area contributed by atoms with Gasteiger partial charge in [0.05, 0.1) is 12.2 Å². The summed E-state index contributed by atoms with van der Waals surface area (Å²) < 4.78 is 5.55. The van der Waals surface area contributed by atoms with Crippen LogP contribution in [0.15, 0.2) is 16.5 Å². The summed E-state index contributed by atoms with van der Waals surface area (Å²) in [5.74, 6) is 1.89. The summed E-state index contributed by atoms with van der Waals surface area (Å²) in [6.45, 7) is 5.22. The van der Waals surface area contributed by atoms with Gasteiger partial charge in [-0.3, -0.25) is 0 Å². The topological polar surface area (TPSA) is 55.3 Å². The molecule has 0 saturated heterocycles. The number of aromatic nitrogens is 1. The van der Waals surface area contributed by atoms with Crippen LogP contribution >= 0.6 is 11.3 Å². The SMILES string of the molecule is Cc1ccc(CN(C)c2nc(C)c(CN)s2)o1. The van der Waals surface area contributed by atoms with Gasteiger partial charge in [0.1, 0.15) is 11.5 Å². The summed E-state index contributed by atoms with van der Waals surface area (Å²) in [5.41, 5.74) is 6.68. The summed E-state index contributed by atoms with van der Waals surface area (Å²) in [6.07, 6.45) is 0. The zero-order chi connectivity index (χ0) is 12.4. The van der Waals surface area contributed by atoms with E-state index in [0.717, 1.165) is 33.8 Å². The molecule has 2 aromatic heterocycles. The average molecular weight is 251 g/mol. The highest BCUT2D eigenvalue weighted by molar-refractivity contribution is 7.15. The highest BCUT2D eigenvalue weighted by Gasteiger charge is 2.11. The molecule has 0 atom stereocenters. The molecule has 0 radical (unpaired) electrons. The lowest BCUT2D eigenvalue weighted by Gasteiger charge is -2.13. The van der Waals surface area contributed by atoms with E-state index in [0.29, 0.717) is 6.54 Å². The third-order valence-electron chi connectivity index (χ3n) is 2.58. The molecule has 0 aliphatic rings. The van der Waals surface area contributed by atoms with Crippen LogP contribution in [0.5, 0.6) is 0 Å². The second-order valence-electron chi connectivity index (χ2n) is 4.08. The van der Waals surface area contributed by atoms with Crippen molar-refractivity contribution in [2.45, 2.75) is 26.9 Å². The van der Waals surface area contributed by atoms with Crippen molar-refractivity contribution >= 4 is 16.5 Å². The van der Waals surface area contributed by atoms with Crippen LogP contribution < -0.4 is 10.6 Å². The van der Waals surface area contributed by atoms with E-state index in [1.807, 2.05) is 33.0 Å². The molecule has 0 aliphatic carbocycles. The Labute approximate surface area is 105 Å². The maximum Gasteiger partial charge on any atom is 0.185 e. The molecule has 0 spiro atoms. The molecule has 2 heterocycles. The number of rotatable bonds is 4. The fourth-order valence-corrected chi connectivity index (χ4v) is 2.54. The molecule has 5 heteroatoms. The number of hydrogen-bond donors (Lipinski definition) is 1. The third-order valence-corrected chi connectivity index (χ3v) is 3.88. The lowest BCUT2D eigenvalue weighted by atomic mass is 10.4. The number of furan rings is 1. The highest BCUT2D eigenvalue weighted by atomic mass is 32.1. The van der Waals surface area contributed by atoms with Crippen LogP contribution in [-0.4, -0.2) is 12.0 Å². The molecule has 0 aliphatic heterocycles. The first-order valence-electron chi connectivity index (χ1n) is 5.53. The molecule has 0 saturated carbocycles. The van der Waals surface area contributed by atoms with Gasteiger partial charge >= 0.3 is 0 Å². The lowest BCUT2D eigenvalue weighted by Crippen LogP contribution is -2.15. The Hall–Kier alpha value is -1.33. The summed E-state index contributed by atoms with van der Waals surface area (Å²) >= 11 is 1.64. The van der Waals surface area contributed by atoms with Gasteiger partial charge in [-0.1, -0.05) is 0 Å². The molecule has 2 rings (SSSR count). The first kappa shape index (κ1) is 12.1. The van der Waals surface area contributed by atoms with Crippen LogP contribution in [-0.2, 0) is 13.1 Å². The summed E-state index contributed by atoms with van der Waals surface area (Å²) in [6, 6.07) is 3.97. The third kappa shape index (κ3) is 2.68. The van der Waals surface area contributed by atoms with E-state index in [2.05, 4.69) is 9.88 Å². The fraction of sp³-hybridized carbons (Fsp3) is 0.417. The normalized spacial score (nSPS) is 10.8. The molecule has 0 unspecified atom stereocenters. The molecule has 4 nitrogen and oxygen atoms in total. The van der Waals surface area contributed by atoms with Gasteiger partial charge in [-0.2, -0.15) is 0 Å². The van der Waals surface area contributed by atoms with Crippen molar-refractivity contribution in [1.82, 2.24) is 4.98 Å². The van der Waals surface area contributed by atoms with Gasteiger partial charge in [-0.15, -0.1) is 11.3 Å². The number of thiazole rings is 1. The van der Waals surface area contributed by atoms with Crippen molar-refractivity contribution in [1.29, 1.82) is 0 Å². The zero-order valence-corrected chi connectivity index (χ0v) is 11.2. The standard InChI is InChI=1S/C12H17N3OS/c1-8-4-5-10(16-8)7-15(3)12-14-9(2)11(6-13)17-12/h4-5H,6-7,13H2,1-3H3. The maximum atomic E-state index is 5.65. The van der Waals surface area contributed by atoms with E-state index < -0.39 is 0 Å². The van der Waals surface area contributed by atoms with Crippen molar-refractivity contribution in [2.24, 2.45) is 5.73 Å². The van der Waals surface area contributed by atoms with Crippen molar-refractivity contribution in [3.8, 4) is 0 Å². The molecule has 0 fully saturated rings. The molecule has 92 valence electrons. The van der Waals surface area contributed by atoms with Gasteiger partial charge in [0.15, 0.2) is 5.13 Å².